The van der Waals surface area contributed by atoms with Gasteiger partial charge in [0.2, 0.25) is 5.91 Å². The predicted octanol–water partition coefficient (Wildman–Crippen LogP) is 3.63. The fourth-order valence-corrected chi connectivity index (χ4v) is 1.97. The highest BCUT2D eigenvalue weighted by Gasteiger charge is 2.07. The fraction of sp³-hybridized carbons (Fsp3) is 0.188. The van der Waals surface area contributed by atoms with Crippen LogP contribution in [0.2, 0.25) is 5.02 Å². The Kier molecular flexibility index (Phi) is 5.16. The summed E-state index contributed by atoms with van der Waals surface area (Å²) in [5.74, 6) is -0.0583. The van der Waals surface area contributed by atoms with Crippen molar-refractivity contribution >= 4 is 23.2 Å². The number of halogens is 1. The van der Waals surface area contributed by atoms with Crippen LogP contribution in [0, 0.1) is 0 Å². The molecule has 0 saturated carbocycles. The third-order valence-corrected chi connectivity index (χ3v) is 3.25. The topological polar surface area (TPSA) is 41.1 Å². The highest BCUT2D eigenvalue weighted by molar-refractivity contribution is 6.30. The van der Waals surface area contributed by atoms with E-state index in [1.54, 1.807) is 0 Å². The summed E-state index contributed by atoms with van der Waals surface area (Å²) in [5, 5.41) is 6.73. The van der Waals surface area contributed by atoms with Crippen molar-refractivity contribution in [1.82, 2.24) is 5.32 Å². The maximum atomic E-state index is 11.8. The second-order valence-electron chi connectivity index (χ2n) is 4.57. The maximum absolute atomic E-state index is 11.8. The zero-order valence-electron chi connectivity index (χ0n) is 11.3. The largest absolute Gasteiger partial charge is 0.325 e. The van der Waals surface area contributed by atoms with Crippen molar-refractivity contribution in [2.75, 3.05) is 11.9 Å². The Labute approximate surface area is 124 Å². The van der Waals surface area contributed by atoms with Crippen LogP contribution < -0.4 is 10.6 Å². The second-order valence-corrected chi connectivity index (χ2v) is 5.00. The minimum Gasteiger partial charge on any atom is -0.325 e. The van der Waals surface area contributed by atoms with Crippen LogP contribution in [-0.2, 0) is 4.79 Å². The van der Waals surface area contributed by atoms with E-state index in [1.807, 2.05) is 61.5 Å². The summed E-state index contributed by atoms with van der Waals surface area (Å²) in [6.45, 7) is 2.28. The Bertz CT molecular complexity index is 554. The van der Waals surface area contributed by atoms with E-state index in [9.17, 15) is 4.79 Å². The molecule has 0 bridgehead atoms. The van der Waals surface area contributed by atoms with E-state index < -0.39 is 0 Å². The van der Waals surface area contributed by atoms with E-state index in [0.717, 1.165) is 11.3 Å². The fourth-order valence-electron chi connectivity index (χ4n) is 1.84. The summed E-state index contributed by atoms with van der Waals surface area (Å²) >= 11 is 5.85. The summed E-state index contributed by atoms with van der Waals surface area (Å²) in [6, 6.07) is 17.1. The summed E-state index contributed by atoms with van der Waals surface area (Å²) in [6.07, 6.45) is 0. The first-order chi connectivity index (χ1) is 9.65. The van der Waals surface area contributed by atoms with Gasteiger partial charge in [-0.2, -0.15) is 0 Å². The molecule has 4 heteroatoms. The van der Waals surface area contributed by atoms with Crippen LogP contribution in [0.3, 0.4) is 0 Å². The number of amides is 1. The van der Waals surface area contributed by atoms with Gasteiger partial charge in [0.15, 0.2) is 0 Å². The van der Waals surface area contributed by atoms with Crippen molar-refractivity contribution in [3.05, 3.63) is 65.2 Å². The van der Waals surface area contributed by atoms with Gasteiger partial charge in [0.25, 0.3) is 0 Å². The number of hydrogen-bond donors (Lipinski definition) is 2. The Balaban J connectivity index is 1.82. The van der Waals surface area contributed by atoms with Gasteiger partial charge in [0.05, 0.1) is 6.54 Å². The Morgan fingerprint density at radius 2 is 1.75 bits per heavy atom. The number of hydrogen-bond acceptors (Lipinski definition) is 2. The van der Waals surface area contributed by atoms with Crippen LogP contribution in [0.15, 0.2) is 54.6 Å². The maximum Gasteiger partial charge on any atom is 0.238 e. The summed E-state index contributed by atoms with van der Waals surface area (Å²) < 4.78 is 0. The molecule has 0 radical (unpaired) electrons. The van der Waals surface area contributed by atoms with Crippen LogP contribution >= 0.6 is 11.6 Å². The number of anilines is 1. The van der Waals surface area contributed by atoms with Gasteiger partial charge >= 0.3 is 0 Å². The zero-order valence-corrected chi connectivity index (χ0v) is 12.0. The molecule has 0 aliphatic heterocycles. The highest BCUT2D eigenvalue weighted by Crippen LogP contribution is 2.15. The lowest BCUT2D eigenvalue weighted by atomic mass is 10.1. The average molecular weight is 289 g/mol. The van der Waals surface area contributed by atoms with Crippen molar-refractivity contribution in [3.8, 4) is 0 Å². The van der Waals surface area contributed by atoms with Crippen molar-refractivity contribution in [2.45, 2.75) is 13.0 Å². The summed E-state index contributed by atoms with van der Waals surface area (Å²) in [7, 11) is 0. The quantitative estimate of drug-likeness (QED) is 0.882. The van der Waals surface area contributed by atoms with Gasteiger partial charge in [-0.25, -0.2) is 0 Å². The van der Waals surface area contributed by atoms with Crippen molar-refractivity contribution in [3.63, 3.8) is 0 Å². The van der Waals surface area contributed by atoms with Gasteiger partial charge in [-0.15, -0.1) is 0 Å². The number of rotatable bonds is 5. The van der Waals surface area contributed by atoms with Gasteiger partial charge in [-0.1, -0.05) is 41.9 Å². The standard InChI is InChI=1S/C16H17ClN2O/c1-12(13-7-9-14(17)10-8-13)18-11-16(20)19-15-5-3-2-4-6-15/h2-10,12,18H,11H2,1H3,(H,19,20)/t12-/m0/s1. The minimum atomic E-state index is -0.0583. The van der Waals surface area contributed by atoms with Crippen molar-refractivity contribution in [1.29, 1.82) is 0 Å². The molecular formula is C16H17ClN2O. The Morgan fingerprint density at radius 1 is 1.10 bits per heavy atom. The minimum absolute atomic E-state index is 0.0583. The number of carbonyl (C=O) groups is 1. The third-order valence-electron chi connectivity index (χ3n) is 3.00. The smallest absolute Gasteiger partial charge is 0.238 e. The molecule has 0 heterocycles. The summed E-state index contributed by atoms with van der Waals surface area (Å²) in [4.78, 5) is 11.8. The van der Waals surface area contributed by atoms with E-state index in [1.165, 1.54) is 0 Å². The van der Waals surface area contributed by atoms with E-state index in [0.29, 0.717) is 5.02 Å². The normalized spacial score (nSPS) is 11.9. The van der Waals surface area contributed by atoms with Crippen LogP contribution in [-0.4, -0.2) is 12.5 Å². The second kappa shape index (κ2) is 7.08. The molecule has 1 amide bonds. The molecule has 1 atom stereocenters. The summed E-state index contributed by atoms with van der Waals surface area (Å²) in [5.41, 5.74) is 1.90. The Morgan fingerprint density at radius 3 is 2.40 bits per heavy atom. The molecule has 0 saturated heterocycles. The van der Waals surface area contributed by atoms with E-state index in [2.05, 4.69) is 10.6 Å². The first-order valence-electron chi connectivity index (χ1n) is 6.49. The SMILES string of the molecule is C[C@H](NCC(=O)Nc1ccccc1)c1ccc(Cl)cc1. The van der Waals surface area contributed by atoms with Gasteiger partial charge in [0, 0.05) is 16.8 Å². The lowest BCUT2D eigenvalue weighted by Crippen LogP contribution is -2.30. The Hall–Kier alpha value is -1.84. The third kappa shape index (κ3) is 4.37. The van der Waals surface area contributed by atoms with E-state index in [-0.39, 0.29) is 18.5 Å². The predicted molar refractivity (Wildman–Crippen MR) is 82.9 cm³/mol. The van der Waals surface area contributed by atoms with E-state index in [4.69, 9.17) is 11.6 Å². The van der Waals surface area contributed by atoms with Gasteiger partial charge in [0.1, 0.15) is 0 Å². The average Bonchev–Trinajstić information content (AvgIpc) is 2.46. The number of carbonyl (C=O) groups excluding carboxylic acids is 1. The lowest BCUT2D eigenvalue weighted by Gasteiger charge is -2.14. The molecule has 20 heavy (non-hydrogen) atoms. The molecular weight excluding hydrogens is 272 g/mol. The van der Waals surface area contributed by atoms with Crippen LogP contribution in [0.1, 0.15) is 18.5 Å². The molecule has 0 fully saturated rings. The lowest BCUT2D eigenvalue weighted by molar-refractivity contribution is -0.115. The number of nitrogens with one attached hydrogen (secondary N) is 2. The van der Waals surface area contributed by atoms with Crippen LogP contribution in [0.5, 0.6) is 0 Å². The van der Waals surface area contributed by atoms with Gasteiger partial charge < -0.3 is 10.6 Å². The molecule has 0 unspecified atom stereocenters. The van der Waals surface area contributed by atoms with Gasteiger partial charge in [-0.3, -0.25) is 4.79 Å². The zero-order chi connectivity index (χ0) is 14.4. The van der Waals surface area contributed by atoms with Crippen LogP contribution in [0.4, 0.5) is 5.69 Å². The highest BCUT2D eigenvalue weighted by atomic mass is 35.5. The van der Waals surface area contributed by atoms with E-state index >= 15 is 0 Å². The molecule has 0 aromatic heterocycles. The van der Waals surface area contributed by atoms with Crippen LogP contribution in [0.25, 0.3) is 0 Å². The molecule has 2 N–H and O–H groups in total. The first kappa shape index (κ1) is 14.6. The molecule has 0 aliphatic rings. The number of para-hydroxylation sites is 1. The first-order valence-corrected chi connectivity index (χ1v) is 6.86. The number of benzene rings is 2. The molecule has 2 aromatic carbocycles. The molecule has 2 aromatic rings. The monoisotopic (exact) mass is 288 g/mol. The van der Waals surface area contributed by atoms with Gasteiger partial charge in [-0.05, 0) is 36.8 Å². The molecule has 3 nitrogen and oxygen atoms in total. The molecule has 0 aliphatic carbocycles. The van der Waals surface area contributed by atoms with Crippen molar-refractivity contribution < 1.29 is 4.79 Å². The van der Waals surface area contributed by atoms with Crippen molar-refractivity contribution in [2.24, 2.45) is 0 Å². The molecule has 2 rings (SSSR count). The molecule has 0 spiro atoms. The molecule has 104 valence electrons.